The van der Waals surface area contributed by atoms with Crippen LogP contribution in [0.1, 0.15) is 62.5 Å². The highest BCUT2D eigenvalue weighted by Gasteiger charge is 2.18. The molecule has 3 aromatic carbocycles. The van der Waals surface area contributed by atoms with Gasteiger partial charge in [0.05, 0.1) is 30.1 Å². The van der Waals surface area contributed by atoms with Gasteiger partial charge in [-0.25, -0.2) is 4.98 Å². The second-order valence-electron chi connectivity index (χ2n) is 9.45. The van der Waals surface area contributed by atoms with Gasteiger partial charge in [-0.15, -0.1) is 0 Å². The Morgan fingerprint density at radius 3 is 2.47 bits per heavy atom. The summed E-state index contributed by atoms with van der Waals surface area (Å²) in [6.07, 6.45) is 2.18. The molecule has 36 heavy (non-hydrogen) atoms. The number of halogens is 1. The third kappa shape index (κ3) is 6.46. The molecule has 1 atom stereocenters. The molecule has 1 N–H and O–H groups in total. The van der Waals surface area contributed by atoms with Crippen LogP contribution >= 0.6 is 11.6 Å². The molecule has 1 unspecified atom stereocenters. The Kier molecular flexibility index (Phi) is 8.65. The van der Waals surface area contributed by atoms with E-state index >= 15 is 0 Å². The van der Waals surface area contributed by atoms with Crippen molar-refractivity contribution in [2.75, 3.05) is 6.61 Å². The Morgan fingerprint density at radius 1 is 0.972 bits per heavy atom. The molecule has 0 saturated carbocycles. The van der Waals surface area contributed by atoms with Crippen molar-refractivity contribution < 1.29 is 9.53 Å². The first-order chi connectivity index (χ1) is 17.4. The summed E-state index contributed by atoms with van der Waals surface area (Å²) in [5.41, 5.74) is 4.19. The minimum Gasteiger partial charge on any atom is -0.493 e. The normalized spacial score (nSPS) is 12.1. The van der Waals surface area contributed by atoms with Crippen LogP contribution in [0.2, 0.25) is 5.02 Å². The zero-order chi connectivity index (χ0) is 25.5. The van der Waals surface area contributed by atoms with E-state index in [1.165, 1.54) is 5.56 Å². The lowest BCUT2D eigenvalue weighted by Gasteiger charge is -2.17. The van der Waals surface area contributed by atoms with Crippen molar-refractivity contribution in [2.45, 2.75) is 58.5 Å². The van der Waals surface area contributed by atoms with E-state index < -0.39 is 0 Å². The smallest absolute Gasteiger partial charge is 0.224 e. The van der Waals surface area contributed by atoms with Crippen LogP contribution in [-0.2, 0) is 17.8 Å². The fourth-order valence-electron chi connectivity index (χ4n) is 4.45. The average Bonchev–Trinajstić information content (AvgIpc) is 3.24. The van der Waals surface area contributed by atoms with Gasteiger partial charge in [0.15, 0.2) is 0 Å². The Balaban J connectivity index is 1.38. The number of unbranched alkanes of at least 4 members (excludes halogenated alkanes) is 1. The standard InChI is InChI=1S/C30H34ClN3O2/c1-21(2)25-10-4-7-13-28(25)36-19-9-8-18-34-27-12-6-5-11-26(27)33-30(34)22(3)32-29(35)20-23-14-16-24(31)17-15-23/h4-7,10-17,21-22H,8-9,18-20H2,1-3H3,(H,32,35). The van der Waals surface area contributed by atoms with Gasteiger partial charge in [-0.1, -0.05) is 67.9 Å². The quantitative estimate of drug-likeness (QED) is 0.222. The van der Waals surface area contributed by atoms with Gasteiger partial charge in [-0.05, 0) is 67.1 Å². The minimum absolute atomic E-state index is 0.0411. The van der Waals surface area contributed by atoms with Crippen LogP contribution in [0.5, 0.6) is 5.75 Å². The number of carbonyl (C=O) groups excluding carboxylic acids is 1. The van der Waals surface area contributed by atoms with Crippen LogP contribution in [-0.4, -0.2) is 22.1 Å². The monoisotopic (exact) mass is 503 g/mol. The number of ether oxygens (including phenoxy) is 1. The Hall–Kier alpha value is -3.31. The summed E-state index contributed by atoms with van der Waals surface area (Å²) in [7, 11) is 0. The lowest BCUT2D eigenvalue weighted by atomic mass is 10.0. The summed E-state index contributed by atoms with van der Waals surface area (Å²) in [5.74, 6) is 2.23. The van der Waals surface area contributed by atoms with Gasteiger partial charge >= 0.3 is 0 Å². The molecular formula is C30H34ClN3O2. The molecule has 1 aromatic heterocycles. The number of nitrogens with one attached hydrogen (secondary N) is 1. The SMILES string of the molecule is CC(C)c1ccccc1OCCCCn1c(C(C)NC(=O)Cc2ccc(Cl)cc2)nc2ccccc21. The first kappa shape index (κ1) is 25.8. The molecule has 0 saturated heterocycles. The molecular weight excluding hydrogens is 470 g/mol. The zero-order valence-electron chi connectivity index (χ0n) is 21.2. The predicted octanol–water partition coefficient (Wildman–Crippen LogP) is 7.09. The molecule has 0 spiro atoms. The number of hydrogen-bond acceptors (Lipinski definition) is 3. The van der Waals surface area contributed by atoms with Gasteiger partial charge in [0.2, 0.25) is 5.91 Å². The number of hydrogen-bond donors (Lipinski definition) is 1. The Labute approximate surface area is 218 Å². The maximum absolute atomic E-state index is 12.7. The molecule has 0 radical (unpaired) electrons. The number of fused-ring (bicyclic) bond motifs is 1. The average molecular weight is 504 g/mol. The van der Waals surface area contributed by atoms with E-state index in [0.29, 0.717) is 24.0 Å². The molecule has 0 fully saturated rings. The molecule has 1 amide bonds. The largest absolute Gasteiger partial charge is 0.493 e. The molecule has 4 aromatic rings. The highest BCUT2D eigenvalue weighted by molar-refractivity contribution is 6.30. The number of nitrogens with zero attached hydrogens (tertiary/aromatic N) is 2. The van der Waals surface area contributed by atoms with Gasteiger partial charge in [0, 0.05) is 11.6 Å². The van der Waals surface area contributed by atoms with Crippen LogP contribution in [0.15, 0.2) is 72.8 Å². The van der Waals surface area contributed by atoms with E-state index in [-0.39, 0.29) is 11.9 Å². The van der Waals surface area contributed by atoms with Crippen molar-refractivity contribution >= 4 is 28.5 Å². The number of amides is 1. The van der Waals surface area contributed by atoms with Crippen LogP contribution in [0.25, 0.3) is 11.0 Å². The lowest BCUT2D eigenvalue weighted by Crippen LogP contribution is -2.30. The fraction of sp³-hybridized carbons (Fsp3) is 0.333. The van der Waals surface area contributed by atoms with Gasteiger partial charge in [-0.2, -0.15) is 0 Å². The topological polar surface area (TPSA) is 56.1 Å². The Bertz CT molecular complexity index is 1300. The van der Waals surface area contributed by atoms with Crippen molar-refractivity contribution in [1.29, 1.82) is 0 Å². The van der Waals surface area contributed by atoms with Crippen LogP contribution < -0.4 is 10.1 Å². The second-order valence-corrected chi connectivity index (χ2v) is 9.89. The summed E-state index contributed by atoms with van der Waals surface area (Å²) in [5, 5.41) is 3.78. The van der Waals surface area contributed by atoms with Crippen molar-refractivity contribution in [3.63, 3.8) is 0 Å². The molecule has 0 aliphatic heterocycles. The number of carbonyl (C=O) groups is 1. The predicted molar refractivity (Wildman–Crippen MR) is 147 cm³/mol. The summed E-state index contributed by atoms with van der Waals surface area (Å²) in [4.78, 5) is 17.6. The molecule has 5 nitrogen and oxygen atoms in total. The van der Waals surface area contributed by atoms with Gasteiger partial charge in [0.25, 0.3) is 0 Å². The lowest BCUT2D eigenvalue weighted by molar-refractivity contribution is -0.121. The van der Waals surface area contributed by atoms with Gasteiger partial charge in [-0.3, -0.25) is 4.79 Å². The first-order valence-electron chi connectivity index (χ1n) is 12.6. The number of rotatable bonds is 11. The number of imidazole rings is 1. The minimum atomic E-state index is -0.216. The molecule has 1 heterocycles. The summed E-state index contributed by atoms with van der Waals surface area (Å²) < 4.78 is 8.34. The molecule has 0 aliphatic rings. The molecule has 0 bridgehead atoms. The van der Waals surface area contributed by atoms with E-state index in [4.69, 9.17) is 21.3 Å². The van der Waals surface area contributed by atoms with E-state index in [1.54, 1.807) is 12.1 Å². The van der Waals surface area contributed by atoms with Crippen LogP contribution in [0, 0.1) is 0 Å². The third-order valence-corrected chi connectivity index (χ3v) is 6.55. The van der Waals surface area contributed by atoms with E-state index in [0.717, 1.165) is 47.6 Å². The fourth-order valence-corrected chi connectivity index (χ4v) is 4.57. The van der Waals surface area contributed by atoms with Crippen LogP contribution in [0.4, 0.5) is 0 Å². The summed E-state index contributed by atoms with van der Waals surface area (Å²) in [6.45, 7) is 7.83. The second kappa shape index (κ2) is 12.1. The number of benzene rings is 3. The number of aryl methyl sites for hydroxylation is 1. The molecule has 4 rings (SSSR count). The van der Waals surface area contributed by atoms with Gasteiger partial charge < -0.3 is 14.6 Å². The molecule has 0 aliphatic carbocycles. The third-order valence-electron chi connectivity index (χ3n) is 6.30. The Morgan fingerprint density at radius 2 is 1.69 bits per heavy atom. The van der Waals surface area contributed by atoms with Crippen LogP contribution in [0.3, 0.4) is 0 Å². The van der Waals surface area contributed by atoms with Crippen molar-refractivity contribution in [3.05, 3.63) is 94.8 Å². The van der Waals surface area contributed by atoms with E-state index in [2.05, 4.69) is 41.9 Å². The summed E-state index contributed by atoms with van der Waals surface area (Å²) in [6, 6.07) is 23.5. The summed E-state index contributed by atoms with van der Waals surface area (Å²) >= 11 is 5.96. The van der Waals surface area contributed by atoms with Gasteiger partial charge in [0.1, 0.15) is 11.6 Å². The van der Waals surface area contributed by atoms with Crippen molar-refractivity contribution in [2.24, 2.45) is 0 Å². The maximum atomic E-state index is 12.7. The highest BCUT2D eigenvalue weighted by Crippen LogP contribution is 2.26. The van der Waals surface area contributed by atoms with E-state index in [9.17, 15) is 4.79 Å². The number of aromatic nitrogens is 2. The van der Waals surface area contributed by atoms with E-state index in [1.807, 2.05) is 49.4 Å². The van der Waals surface area contributed by atoms with Crippen molar-refractivity contribution in [3.8, 4) is 5.75 Å². The first-order valence-corrected chi connectivity index (χ1v) is 13.0. The maximum Gasteiger partial charge on any atom is 0.224 e. The number of para-hydroxylation sites is 3. The molecule has 188 valence electrons. The highest BCUT2D eigenvalue weighted by atomic mass is 35.5. The van der Waals surface area contributed by atoms with Crippen molar-refractivity contribution in [1.82, 2.24) is 14.9 Å². The molecule has 6 heteroatoms. The zero-order valence-corrected chi connectivity index (χ0v) is 22.0.